The number of aromatic nitrogens is 1. The summed E-state index contributed by atoms with van der Waals surface area (Å²) in [6.07, 6.45) is 3.10. The maximum atomic E-state index is 15.3. The van der Waals surface area contributed by atoms with Crippen LogP contribution in [0.1, 0.15) is 56.4 Å². The molecule has 1 amide bonds. The van der Waals surface area contributed by atoms with E-state index in [9.17, 15) is 19.5 Å². The molecule has 2 fully saturated rings. The highest BCUT2D eigenvalue weighted by molar-refractivity contribution is 6.38. The molecular weight excluding hydrogens is 453 g/mol. The van der Waals surface area contributed by atoms with Gasteiger partial charge in [-0.25, -0.2) is 14.0 Å². The number of carbonyl (C=O) groups excluding carboxylic acids is 1. The molecule has 1 N–H and O–H groups in total. The Morgan fingerprint density at radius 3 is 2.52 bits per heavy atom. The van der Waals surface area contributed by atoms with Crippen LogP contribution in [0.15, 0.2) is 17.1 Å². The molecule has 1 aromatic heterocycles. The van der Waals surface area contributed by atoms with Gasteiger partial charge in [-0.15, -0.1) is 0 Å². The van der Waals surface area contributed by atoms with Crippen LogP contribution in [-0.2, 0) is 4.74 Å². The first-order chi connectivity index (χ1) is 15.4. The number of amides is 1. The molecule has 1 aromatic carbocycles. The van der Waals surface area contributed by atoms with Gasteiger partial charge in [-0.05, 0) is 46.1 Å². The fraction of sp³-hybridized carbons (Fsp3) is 0.522. The minimum Gasteiger partial charge on any atom is -0.477 e. The SMILES string of the molecule is CN(C(=O)OC(C)(C)C)C1CCN(c2c(F)cc3c(=O)c(C(=O)O)cn(C4CC4)c3c2Cl)C1. The Morgan fingerprint density at radius 2 is 1.94 bits per heavy atom. The highest BCUT2D eigenvalue weighted by Gasteiger charge is 2.35. The lowest BCUT2D eigenvalue weighted by atomic mass is 10.1. The molecule has 1 atom stereocenters. The van der Waals surface area contributed by atoms with E-state index in [1.165, 1.54) is 11.1 Å². The zero-order chi connectivity index (χ0) is 24.2. The Hall–Kier alpha value is -2.81. The van der Waals surface area contributed by atoms with Crippen LogP contribution in [0.25, 0.3) is 10.9 Å². The Morgan fingerprint density at radius 1 is 1.27 bits per heavy atom. The highest BCUT2D eigenvalue weighted by Crippen LogP contribution is 2.42. The van der Waals surface area contributed by atoms with Gasteiger partial charge in [0, 0.05) is 32.4 Å². The van der Waals surface area contributed by atoms with Crippen LogP contribution >= 0.6 is 11.6 Å². The maximum Gasteiger partial charge on any atom is 0.410 e. The Kier molecular flexibility index (Phi) is 5.80. The first-order valence-electron chi connectivity index (χ1n) is 10.9. The Labute approximate surface area is 195 Å². The lowest BCUT2D eigenvalue weighted by molar-refractivity contribution is 0.0237. The van der Waals surface area contributed by atoms with Crippen molar-refractivity contribution in [1.82, 2.24) is 9.47 Å². The number of nitrogens with zero attached hydrogens (tertiary/aromatic N) is 3. The molecule has 1 unspecified atom stereocenters. The highest BCUT2D eigenvalue weighted by atomic mass is 35.5. The van der Waals surface area contributed by atoms with Crippen LogP contribution < -0.4 is 10.3 Å². The summed E-state index contributed by atoms with van der Waals surface area (Å²) in [7, 11) is 1.65. The average molecular weight is 480 g/mol. The standard InChI is InChI=1S/C23H27ClFN3O5/c1-23(2,3)33-22(32)26(4)13-7-8-27(10-13)19-16(25)9-14-18(17(19)24)28(12-5-6-12)11-15(20(14)29)21(30)31/h9,11-13H,5-8,10H2,1-4H3,(H,30,31). The van der Waals surface area contributed by atoms with Gasteiger partial charge < -0.3 is 24.2 Å². The molecule has 0 spiro atoms. The first kappa shape index (κ1) is 23.4. The van der Waals surface area contributed by atoms with Crippen molar-refractivity contribution in [3.8, 4) is 0 Å². The second-order valence-electron chi connectivity index (χ2n) is 9.71. The quantitative estimate of drug-likeness (QED) is 0.704. The number of ether oxygens (including phenoxy) is 1. The molecular formula is C23H27ClFN3O5. The summed E-state index contributed by atoms with van der Waals surface area (Å²) < 4.78 is 22.4. The number of benzene rings is 1. The molecule has 1 saturated carbocycles. The van der Waals surface area contributed by atoms with Crippen molar-refractivity contribution < 1.29 is 23.8 Å². The summed E-state index contributed by atoms with van der Waals surface area (Å²) in [5.74, 6) is -2.06. The van der Waals surface area contributed by atoms with E-state index < -0.39 is 34.5 Å². The number of hydrogen-bond donors (Lipinski definition) is 1. The normalized spacial score (nSPS) is 18.6. The minimum absolute atomic E-state index is 0.0200. The van der Waals surface area contributed by atoms with Gasteiger partial charge in [0.2, 0.25) is 5.43 Å². The van der Waals surface area contributed by atoms with E-state index in [0.717, 1.165) is 18.9 Å². The van der Waals surface area contributed by atoms with E-state index >= 15 is 4.39 Å². The smallest absolute Gasteiger partial charge is 0.410 e. The van der Waals surface area contributed by atoms with Crippen LogP contribution in [0, 0.1) is 5.82 Å². The third kappa shape index (κ3) is 4.38. The molecule has 33 heavy (non-hydrogen) atoms. The second-order valence-corrected chi connectivity index (χ2v) is 10.1. The van der Waals surface area contributed by atoms with Crippen molar-refractivity contribution in [3.63, 3.8) is 0 Å². The molecule has 1 aliphatic heterocycles. The van der Waals surface area contributed by atoms with Crippen molar-refractivity contribution in [1.29, 1.82) is 0 Å². The monoisotopic (exact) mass is 479 g/mol. The molecule has 0 radical (unpaired) electrons. The minimum atomic E-state index is -1.36. The van der Waals surface area contributed by atoms with Crippen molar-refractivity contribution in [2.75, 3.05) is 25.0 Å². The Balaban J connectivity index is 1.72. The molecule has 1 aliphatic carbocycles. The largest absolute Gasteiger partial charge is 0.477 e. The molecule has 0 bridgehead atoms. The van der Waals surface area contributed by atoms with Crippen LogP contribution in [0.5, 0.6) is 0 Å². The van der Waals surface area contributed by atoms with E-state index in [1.54, 1.807) is 37.3 Å². The molecule has 2 aromatic rings. The maximum absolute atomic E-state index is 15.3. The third-order valence-electron chi connectivity index (χ3n) is 6.06. The predicted molar refractivity (Wildman–Crippen MR) is 123 cm³/mol. The van der Waals surface area contributed by atoms with Gasteiger partial charge in [-0.1, -0.05) is 11.6 Å². The molecule has 8 nitrogen and oxygen atoms in total. The van der Waals surface area contributed by atoms with Gasteiger partial charge >= 0.3 is 12.1 Å². The number of rotatable bonds is 4. The second kappa shape index (κ2) is 8.20. The fourth-order valence-corrected chi connectivity index (χ4v) is 4.67. The van der Waals surface area contributed by atoms with Gasteiger partial charge in [0.1, 0.15) is 17.0 Å². The Bertz CT molecular complexity index is 1200. The molecule has 10 heteroatoms. The topological polar surface area (TPSA) is 92.1 Å². The van der Waals surface area contributed by atoms with Crippen molar-refractivity contribution in [2.45, 2.75) is 57.7 Å². The van der Waals surface area contributed by atoms with Crippen LogP contribution in [0.4, 0.5) is 14.9 Å². The van der Waals surface area contributed by atoms with Crippen LogP contribution in [0.2, 0.25) is 5.02 Å². The van der Waals surface area contributed by atoms with Crippen LogP contribution in [-0.4, -0.2) is 58.4 Å². The third-order valence-corrected chi connectivity index (χ3v) is 6.42. The summed E-state index contributed by atoms with van der Waals surface area (Å²) >= 11 is 6.69. The molecule has 4 rings (SSSR count). The van der Waals surface area contributed by atoms with Crippen molar-refractivity contribution in [2.24, 2.45) is 0 Å². The van der Waals surface area contributed by atoms with Crippen LogP contribution in [0.3, 0.4) is 0 Å². The summed E-state index contributed by atoms with van der Waals surface area (Å²) in [5, 5.41) is 9.45. The zero-order valence-electron chi connectivity index (χ0n) is 19.0. The van der Waals surface area contributed by atoms with E-state index in [-0.39, 0.29) is 28.2 Å². The average Bonchev–Trinajstić information content (AvgIpc) is 3.44. The predicted octanol–water partition coefficient (Wildman–Crippen LogP) is 4.27. The number of carbonyl (C=O) groups is 2. The summed E-state index contributed by atoms with van der Waals surface area (Å²) in [4.78, 5) is 40.0. The number of likely N-dealkylation sites (N-methyl/N-ethyl adjacent to an activating group) is 1. The molecule has 2 aliphatic rings. The van der Waals surface area contributed by atoms with Gasteiger partial charge in [0.15, 0.2) is 0 Å². The first-order valence-corrected chi connectivity index (χ1v) is 11.3. The number of carboxylic acid groups (broad SMARTS) is 1. The van der Waals surface area contributed by atoms with Crippen molar-refractivity contribution in [3.05, 3.63) is 38.9 Å². The van der Waals surface area contributed by atoms with Gasteiger partial charge in [-0.3, -0.25) is 4.79 Å². The summed E-state index contributed by atoms with van der Waals surface area (Å²) in [6.45, 7) is 6.18. The van der Waals surface area contributed by atoms with E-state index in [0.29, 0.717) is 25.0 Å². The summed E-state index contributed by atoms with van der Waals surface area (Å²) in [6, 6.07) is 0.896. The number of aromatic carboxylic acids is 1. The van der Waals surface area contributed by atoms with Gasteiger partial charge in [-0.2, -0.15) is 0 Å². The number of fused-ring (bicyclic) bond motifs is 1. The lowest BCUT2D eigenvalue weighted by Gasteiger charge is -2.29. The number of pyridine rings is 1. The van der Waals surface area contributed by atoms with E-state index in [4.69, 9.17) is 16.3 Å². The molecule has 2 heterocycles. The molecule has 1 saturated heterocycles. The number of anilines is 1. The van der Waals surface area contributed by atoms with E-state index in [2.05, 4.69) is 0 Å². The fourth-order valence-electron chi connectivity index (χ4n) is 4.26. The molecule has 178 valence electrons. The number of hydrogen-bond acceptors (Lipinski definition) is 5. The van der Waals surface area contributed by atoms with Gasteiger partial charge in [0.25, 0.3) is 0 Å². The van der Waals surface area contributed by atoms with Gasteiger partial charge in [0.05, 0.1) is 27.7 Å². The summed E-state index contributed by atoms with van der Waals surface area (Å²) in [5.41, 5.74) is -1.29. The number of carboxylic acids is 1. The lowest BCUT2D eigenvalue weighted by Crippen LogP contribution is -2.42. The van der Waals surface area contributed by atoms with E-state index in [1.807, 2.05) is 0 Å². The van der Waals surface area contributed by atoms with Crippen molar-refractivity contribution >= 4 is 40.3 Å². The zero-order valence-corrected chi connectivity index (χ0v) is 19.8. The number of halogens is 2.